The number of carbonyl (C=O) groups is 5. The molecule has 0 bridgehead atoms. The minimum absolute atomic E-state index is 0.107. The van der Waals surface area contributed by atoms with Gasteiger partial charge in [0.1, 0.15) is 11.9 Å². The van der Waals surface area contributed by atoms with Gasteiger partial charge in [0.25, 0.3) is 0 Å². The molecule has 1 aromatic carbocycles. The number of amides is 6. The molecule has 5 aliphatic carbocycles. The summed E-state index contributed by atoms with van der Waals surface area (Å²) in [7, 11) is 4.23. The second-order valence-electron chi connectivity index (χ2n) is 25.4. The zero-order chi connectivity index (χ0) is 57.1. The highest BCUT2D eigenvalue weighted by atomic mass is 79.9. The predicted octanol–water partition coefficient (Wildman–Crippen LogP) is 6.99. The number of rotatable bonds is 10. The van der Waals surface area contributed by atoms with Gasteiger partial charge in [0, 0.05) is 159 Å². The van der Waals surface area contributed by atoms with Crippen LogP contribution in [0.5, 0.6) is 5.75 Å². The van der Waals surface area contributed by atoms with Gasteiger partial charge >= 0.3 is 6.03 Å². The molecule has 6 amide bonds. The van der Waals surface area contributed by atoms with Crippen molar-refractivity contribution >= 4 is 45.6 Å². The third-order valence-electron chi connectivity index (χ3n) is 19.7. The molecule has 6 aliphatic heterocycles. The molecule has 81 heavy (non-hydrogen) atoms. The first-order chi connectivity index (χ1) is 39.3. The largest absolute Gasteiger partial charge is 0.487 e. The standard InChI is InChI=1S/C15H20BrN3O2.C14H24N2O.C12H22N2O.2C11H20N2O/c1-17-5-7-18(8-6-17)15(20)19-10-14(11-19)21-13-4-2-3-12(16)9-13;17-14(12-4-3-5-12)16-10-8-15(9-11-16)13-6-1-2-7-13;1-2-6-13-7-9-14(10-8-13)12(15)11-4-3-5-11;1-12-6-3-7-13(9-8-12)11(14)10-4-2-5-10;1-2-12-6-8-13(9-7-12)11(14)10-4-3-5-10/h2-4,9,14H,5-8,10-11H2,1H3;12-13H,1-11H2;11H,2-10H2,1H3;2*10H,2-9H2,1H3. The predicted molar refractivity (Wildman–Crippen MR) is 325 cm³/mol. The van der Waals surface area contributed by atoms with Crippen LogP contribution in [0.2, 0.25) is 0 Å². The van der Waals surface area contributed by atoms with Crippen LogP contribution in [0.3, 0.4) is 0 Å². The normalized spacial score (nSPS) is 24.4. The molecule has 0 unspecified atom stereocenters. The van der Waals surface area contributed by atoms with Gasteiger partial charge in [0.2, 0.25) is 23.6 Å². The van der Waals surface area contributed by atoms with E-state index in [0.29, 0.717) is 60.4 Å². The maximum absolute atomic E-state index is 12.3. The number of ether oxygens (including phenoxy) is 1. The average Bonchev–Trinajstić information content (AvgIpc) is 3.97. The summed E-state index contributed by atoms with van der Waals surface area (Å²) >= 11 is 3.43. The molecule has 11 aliphatic rings. The molecule has 0 radical (unpaired) electrons. The highest BCUT2D eigenvalue weighted by Gasteiger charge is 2.37. The lowest BCUT2D eigenvalue weighted by Crippen LogP contribution is -2.61. The molecule has 456 valence electrons. The second-order valence-corrected chi connectivity index (χ2v) is 26.3. The number of likely N-dealkylation sites (N-methyl/N-ethyl adjacent to an activating group) is 3. The number of piperazine rings is 4. The Hall–Kier alpha value is -3.55. The molecule has 1 aromatic rings. The van der Waals surface area contributed by atoms with Crippen molar-refractivity contribution in [2.75, 3.05) is 171 Å². The van der Waals surface area contributed by atoms with Crippen LogP contribution in [0.15, 0.2) is 28.7 Å². The summed E-state index contributed by atoms with van der Waals surface area (Å²) in [4.78, 5) is 84.4. The van der Waals surface area contributed by atoms with Gasteiger partial charge in [-0.05, 0) is 129 Å². The SMILES string of the molecule is CCCN1CCN(C(=O)C2CCC2)CC1.CCN1CCN(C(=O)C2CCC2)CC1.CN1CCCN(C(=O)C2CCC2)CC1.CN1CCN(C(=O)N2CC(Oc3cccc(Br)c3)C2)CC1.O=C(C1CCC1)N1CCN(C2CCCC2)CC1. The van der Waals surface area contributed by atoms with Crippen LogP contribution >= 0.6 is 15.9 Å². The minimum atomic E-state index is 0.107. The fourth-order valence-electron chi connectivity index (χ4n) is 12.9. The van der Waals surface area contributed by atoms with E-state index in [1.165, 1.54) is 64.3 Å². The molecule has 6 heterocycles. The second kappa shape index (κ2) is 32.7. The topological polar surface area (TPSA) is 130 Å². The van der Waals surface area contributed by atoms with Gasteiger partial charge in [-0.1, -0.05) is 74.4 Å². The fraction of sp³-hybridized carbons (Fsp3) is 0.825. The fourth-order valence-corrected chi connectivity index (χ4v) is 13.3. The Kier molecular flexibility index (Phi) is 25.6. The molecular formula is C63H106BrN11O6. The quantitative estimate of drug-likeness (QED) is 0.240. The van der Waals surface area contributed by atoms with Crippen molar-refractivity contribution in [2.24, 2.45) is 23.7 Å². The Balaban J connectivity index is 0.000000134. The van der Waals surface area contributed by atoms with Crippen LogP contribution in [0.25, 0.3) is 0 Å². The van der Waals surface area contributed by atoms with Crippen molar-refractivity contribution in [2.45, 2.75) is 142 Å². The monoisotopic (exact) mass is 1190 g/mol. The van der Waals surface area contributed by atoms with Gasteiger partial charge in [0.15, 0.2) is 0 Å². The number of nitrogens with zero attached hydrogens (tertiary/aromatic N) is 11. The van der Waals surface area contributed by atoms with Crippen LogP contribution in [-0.2, 0) is 19.2 Å². The maximum Gasteiger partial charge on any atom is 0.320 e. The van der Waals surface area contributed by atoms with Gasteiger partial charge in [0.05, 0.1) is 13.1 Å². The summed E-state index contributed by atoms with van der Waals surface area (Å²) in [6.45, 7) is 28.0. The van der Waals surface area contributed by atoms with Crippen molar-refractivity contribution in [3.8, 4) is 5.75 Å². The van der Waals surface area contributed by atoms with E-state index in [4.69, 9.17) is 4.74 Å². The number of likely N-dealkylation sites (tertiary alicyclic amines) is 1. The Morgan fingerprint density at radius 1 is 0.457 bits per heavy atom. The maximum atomic E-state index is 12.3. The summed E-state index contributed by atoms with van der Waals surface area (Å²) in [6, 6.07) is 8.79. The van der Waals surface area contributed by atoms with Crippen LogP contribution in [-0.4, -0.2) is 267 Å². The van der Waals surface area contributed by atoms with E-state index in [2.05, 4.69) is 88.0 Å². The summed E-state index contributed by atoms with van der Waals surface area (Å²) in [5, 5.41) is 0. The molecule has 0 spiro atoms. The van der Waals surface area contributed by atoms with Crippen molar-refractivity contribution in [3.63, 3.8) is 0 Å². The van der Waals surface area contributed by atoms with Crippen molar-refractivity contribution in [1.82, 2.24) is 53.9 Å². The van der Waals surface area contributed by atoms with Crippen LogP contribution in [0.1, 0.15) is 129 Å². The number of benzene rings is 1. The number of hydrogen-bond acceptors (Lipinski definition) is 11. The first-order valence-electron chi connectivity index (χ1n) is 32.5. The number of hydrogen-bond donors (Lipinski definition) is 0. The number of carbonyl (C=O) groups excluding carboxylic acids is 5. The van der Waals surface area contributed by atoms with E-state index in [1.807, 2.05) is 34.1 Å². The number of urea groups is 1. The Morgan fingerprint density at radius 2 is 0.877 bits per heavy atom. The molecule has 18 heteroatoms. The molecule has 17 nitrogen and oxygen atoms in total. The third-order valence-corrected chi connectivity index (χ3v) is 20.2. The Morgan fingerprint density at radius 3 is 1.31 bits per heavy atom. The smallest absolute Gasteiger partial charge is 0.320 e. The van der Waals surface area contributed by atoms with E-state index in [0.717, 1.165) is 211 Å². The van der Waals surface area contributed by atoms with Crippen LogP contribution in [0, 0.1) is 23.7 Å². The Labute approximate surface area is 496 Å². The summed E-state index contributed by atoms with van der Waals surface area (Å²) in [6.07, 6.45) is 22.1. The Bertz CT molecular complexity index is 2080. The first kappa shape index (κ1) is 63.5. The van der Waals surface area contributed by atoms with Crippen molar-refractivity contribution in [1.29, 1.82) is 0 Å². The minimum Gasteiger partial charge on any atom is -0.487 e. The van der Waals surface area contributed by atoms with Gasteiger partial charge in [-0.25, -0.2) is 4.79 Å². The van der Waals surface area contributed by atoms with E-state index < -0.39 is 0 Å². The molecule has 11 fully saturated rings. The first-order valence-corrected chi connectivity index (χ1v) is 33.3. The van der Waals surface area contributed by atoms with Gasteiger partial charge in [-0.3, -0.25) is 29.0 Å². The summed E-state index contributed by atoms with van der Waals surface area (Å²) < 4.78 is 6.87. The molecule has 6 saturated heterocycles. The molecular weight excluding hydrogens is 1090 g/mol. The average molecular weight is 1190 g/mol. The van der Waals surface area contributed by atoms with Gasteiger partial charge < -0.3 is 48.8 Å². The highest BCUT2D eigenvalue weighted by molar-refractivity contribution is 9.10. The lowest BCUT2D eigenvalue weighted by Gasteiger charge is -2.43. The van der Waals surface area contributed by atoms with Crippen LogP contribution < -0.4 is 4.74 Å². The lowest BCUT2D eigenvalue weighted by atomic mass is 9.84. The van der Waals surface area contributed by atoms with E-state index in [1.54, 1.807) is 0 Å². The van der Waals surface area contributed by atoms with Gasteiger partial charge in [-0.15, -0.1) is 0 Å². The van der Waals surface area contributed by atoms with E-state index in [-0.39, 0.29) is 12.1 Å². The zero-order valence-corrected chi connectivity index (χ0v) is 52.3. The molecule has 5 saturated carbocycles. The lowest BCUT2D eigenvalue weighted by molar-refractivity contribution is -0.140. The highest BCUT2D eigenvalue weighted by Crippen LogP contribution is 2.32. The van der Waals surface area contributed by atoms with Gasteiger partial charge in [-0.2, -0.15) is 0 Å². The van der Waals surface area contributed by atoms with E-state index >= 15 is 0 Å². The van der Waals surface area contributed by atoms with Crippen molar-refractivity contribution < 1.29 is 28.7 Å². The zero-order valence-electron chi connectivity index (χ0n) is 50.7. The number of halogens is 1. The third kappa shape index (κ3) is 19.0. The molecule has 0 atom stereocenters. The van der Waals surface area contributed by atoms with Crippen molar-refractivity contribution in [3.05, 3.63) is 28.7 Å². The molecule has 0 N–H and O–H groups in total. The molecule has 12 rings (SSSR count). The summed E-state index contributed by atoms with van der Waals surface area (Å²) in [5.41, 5.74) is 0. The van der Waals surface area contributed by atoms with E-state index in [9.17, 15) is 24.0 Å². The van der Waals surface area contributed by atoms with Crippen LogP contribution in [0.4, 0.5) is 4.79 Å². The summed E-state index contributed by atoms with van der Waals surface area (Å²) in [5.74, 6) is 4.08. The molecule has 0 aromatic heterocycles.